The van der Waals surface area contributed by atoms with E-state index in [1.807, 2.05) is 12.1 Å². The number of sulfonamides is 1. The molecule has 3 rings (SSSR count). The third-order valence-electron chi connectivity index (χ3n) is 6.03. The number of carboxylic acid groups (broad SMARTS) is 1. The lowest BCUT2D eigenvalue weighted by Crippen LogP contribution is -2.60. The number of amides is 1. The van der Waals surface area contributed by atoms with Crippen molar-refractivity contribution in [2.75, 3.05) is 65.2 Å². The van der Waals surface area contributed by atoms with E-state index in [0.717, 1.165) is 38.2 Å². The highest BCUT2D eigenvalue weighted by Crippen LogP contribution is 2.19. The summed E-state index contributed by atoms with van der Waals surface area (Å²) >= 11 is 0. The fourth-order valence-electron chi connectivity index (χ4n) is 4.45. The fourth-order valence-corrected chi connectivity index (χ4v) is 5.32. The average Bonchev–Trinajstić information content (AvgIpc) is 2.75. The topological polar surface area (TPSA) is 126 Å². The Hall–Kier alpha value is -2.23. The number of ether oxygens (including phenoxy) is 1. The first-order chi connectivity index (χ1) is 15.7. The zero-order valence-corrected chi connectivity index (χ0v) is 19.8. The summed E-state index contributed by atoms with van der Waals surface area (Å²) in [7, 11) is -3.31. The number of benzene rings is 1. The molecule has 0 aromatic heterocycles. The van der Waals surface area contributed by atoms with Gasteiger partial charge >= 0.3 is 6.09 Å². The molecule has 10 nitrogen and oxygen atoms in total. The normalized spacial score (nSPS) is 21.6. The number of rotatable bonds is 11. The zero-order valence-electron chi connectivity index (χ0n) is 19.0. The van der Waals surface area contributed by atoms with Crippen molar-refractivity contribution in [2.24, 2.45) is 0 Å². The van der Waals surface area contributed by atoms with Gasteiger partial charge in [0.15, 0.2) is 0 Å². The SMILES string of the molecule is CS(=O)(=O)N(CCCc1ccc(C#N)cc1)CCN1CC2CN(CCNC(=O)O)CC(C1)O2. The summed E-state index contributed by atoms with van der Waals surface area (Å²) in [6.45, 7) is 5.57. The second-order valence-electron chi connectivity index (χ2n) is 8.71. The zero-order chi connectivity index (χ0) is 23.8. The Labute approximate surface area is 195 Å². The Morgan fingerprint density at radius 3 is 2.30 bits per heavy atom. The monoisotopic (exact) mass is 479 g/mol. The van der Waals surface area contributed by atoms with Crippen molar-refractivity contribution >= 4 is 16.1 Å². The van der Waals surface area contributed by atoms with E-state index >= 15 is 0 Å². The summed E-state index contributed by atoms with van der Waals surface area (Å²) < 4.78 is 32.2. The quantitative estimate of drug-likeness (QED) is 0.467. The van der Waals surface area contributed by atoms with Crippen molar-refractivity contribution in [3.8, 4) is 6.07 Å². The van der Waals surface area contributed by atoms with Crippen LogP contribution in [0.4, 0.5) is 4.79 Å². The molecule has 182 valence electrons. The second kappa shape index (κ2) is 11.8. The predicted octanol–water partition coefficient (Wildman–Crippen LogP) is 0.405. The third kappa shape index (κ3) is 8.24. The van der Waals surface area contributed by atoms with Gasteiger partial charge < -0.3 is 15.2 Å². The number of carbonyl (C=O) groups is 1. The molecule has 0 saturated carbocycles. The van der Waals surface area contributed by atoms with Crippen LogP contribution in [0, 0.1) is 11.3 Å². The molecule has 2 heterocycles. The molecule has 2 aliphatic rings. The highest BCUT2D eigenvalue weighted by Gasteiger charge is 2.34. The molecule has 0 radical (unpaired) electrons. The van der Waals surface area contributed by atoms with Crippen molar-refractivity contribution in [3.05, 3.63) is 35.4 Å². The number of hydrogen-bond acceptors (Lipinski definition) is 7. The summed E-state index contributed by atoms with van der Waals surface area (Å²) in [5.74, 6) is 0. The number of aryl methyl sites for hydroxylation is 1. The van der Waals surface area contributed by atoms with Gasteiger partial charge in [-0.25, -0.2) is 17.5 Å². The molecule has 2 bridgehead atoms. The molecule has 0 aliphatic carbocycles. The molecule has 2 N–H and O–H groups in total. The molecule has 2 unspecified atom stereocenters. The van der Waals surface area contributed by atoms with Crippen LogP contribution in [0.2, 0.25) is 0 Å². The molecule has 0 spiro atoms. The van der Waals surface area contributed by atoms with Crippen LogP contribution in [0.5, 0.6) is 0 Å². The molecular formula is C22H33N5O5S. The standard InChI is InChI=1S/C22H33N5O5S/c1-33(30,31)27(9-2-3-18-4-6-19(13-23)7-5-18)12-11-26-16-20-14-25(10-8-24-22(28)29)15-21(17-26)32-20/h4-7,20-21,24H,2-3,8-12,14-17H2,1H3,(H,28,29). The Morgan fingerprint density at radius 2 is 1.76 bits per heavy atom. The highest BCUT2D eigenvalue weighted by atomic mass is 32.2. The smallest absolute Gasteiger partial charge is 0.404 e. The van der Waals surface area contributed by atoms with Gasteiger partial charge in [0, 0.05) is 58.9 Å². The van der Waals surface area contributed by atoms with Crippen LogP contribution in [0.25, 0.3) is 0 Å². The van der Waals surface area contributed by atoms with Gasteiger partial charge in [0.05, 0.1) is 30.1 Å². The van der Waals surface area contributed by atoms with Crippen molar-refractivity contribution < 1.29 is 23.1 Å². The Morgan fingerprint density at radius 1 is 1.15 bits per heavy atom. The minimum atomic E-state index is -3.31. The lowest BCUT2D eigenvalue weighted by atomic mass is 10.1. The van der Waals surface area contributed by atoms with Crippen molar-refractivity contribution in [3.63, 3.8) is 0 Å². The van der Waals surface area contributed by atoms with Crippen LogP contribution in [0.3, 0.4) is 0 Å². The predicted molar refractivity (Wildman–Crippen MR) is 123 cm³/mol. The molecule has 2 fully saturated rings. The van der Waals surface area contributed by atoms with E-state index in [1.165, 1.54) is 6.26 Å². The maximum Gasteiger partial charge on any atom is 0.404 e. The van der Waals surface area contributed by atoms with Gasteiger partial charge in [0.1, 0.15) is 0 Å². The summed E-state index contributed by atoms with van der Waals surface area (Å²) in [5.41, 5.74) is 1.71. The maximum absolute atomic E-state index is 12.3. The van der Waals surface area contributed by atoms with E-state index in [-0.39, 0.29) is 12.2 Å². The molecule has 2 atom stereocenters. The highest BCUT2D eigenvalue weighted by molar-refractivity contribution is 7.88. The first kappa shape index (κ1) is 25.4. The van der Waals surface area contributed by atoms with Crippen molar-refractivity contribution in [1.82, 2.24) is 19.4 Å². The molecule has 1 aromatic carbocycles. The van der Waals surface area contributed by atoms with E-state index < -0.39 is 16.1 Å². The van der Waals surface area contributed by atoms with E-state index in [9.17, 15) is 13.2 Å². The first-order valence-corrected chi connectivity index (χ1v) is 13.1. The Balaban J connectivity index is 1.43. The minimum Gasteiger partial charge on any atom is -0.465 e. The van der Waals surface area contributed by atoms with Crippen LogP contribution in [0.15, 0.2) is 24.3 Å². The van der Waals surface area contributed by atoms with Gasteiger partial charge in [0.25, 0.3) is 0 Å². The van der Waals surface area contributed by atoms with Crippen molar-refractivity contribution in [1.29, 1.82) is 5.26 Å². The van der Waals surface area contributed by atoms with Gasteiger partial charge in [-0.2, -0.15) is 5.26 Å². The number of hydrogen-bond donors (Lipinski definition) is 2. The summed E-state index contributed by atoms with van der Waals surface area (Å²) in [4.78, 5) is 15.1. The Kier molecular flexibility index (Phi) is 9.05. The number of fused-ring (bicyclic) bond motifs is 2. The molecule has 1 aromatic rings. The van der Waals surface area contributed by atoms with Crippen LogP contribution in [-0.4, -0.2) is 111 Å². The minimum absolute atomic E-state index is 0.0467. The number of nitriles is 1. The van der Waals surface area contributed by atoms with Gasteiger partial charge in [0.2, 0.25) is 10.0 Å². The van der Waals surface area contributed by atoms with Crippen molar-refractivity contribution in [2.45, 2.75) is 25.0 Å². The largest absolute Gasteiger partial charge is 0.465 e. The van der Waals surface area contributed by atoms with E-state index in [0.29, 0.717) is 44.7 Å². The lowest BCUT2D eigenvalue weighted by molar-refractivity contribution is -0.138. The molecule has 33 heavy (non-hydrogen) atoms. The van der Waals surface area contributed by atoms with E-state index in [2.05, 4.69) is 21.2 Å². The van der Waals surface area contributed by atoms with Gasteiger partial charge in [-0.3, -0.25) is 9.80 Å². The molecule has 2 aliphatic heterocycles. The lowest BCUT2D eigenvalue weighted by Gasteiger charge is -2.46. The van der Waals surface area contributed by atoms with Crippen LogP contribution in [-0.2, 0) is 21.2 Å². The molecule has 1 amide bonds. The number of morpholine rings is 2. The van der Waals surface area contributed by atoms with E-state index in [1.54, 1.807) is 16.4 Å². The van der Waals surface area contributed by atoms with E-state index in [4.69, 9.17) is 15.1 Å². The van der Waals surface area contributed by atoms with Gasteiger partial charge in [-0.05, 0) is 30.5 Å². The Bertz CT molecular complexity index is 919. The average molecular weight is 480 g/mol. The molecule has 2 saturated heterocycles. The molecular weight excluding hydrogens is 446 g/mol. The third-order valence-corrected chi connectivity index (χ3v) is 7.33. The summed E-state index contributed by atoms with van der Waals surface area (Å²) in [6, 6.07) is 9.49. The first-order valence-electron chi connectivity index (χ1n) is 11.2. The van der Waals surface area contributed by atoms with Gasteiger partial charge in [-0.1, -0.05) is 12.1 Å². The number of nitrogens with zero attached hydrogens (tertiary/aromatic N) is 4. The number of nitrogens with one attached hydrogen (secondary N) is 1. The molecule has 11 heteroatoms. The summed E-state index contributed by atoms with van der Waals surface area (Å²) in [5, 5.41) is 20.0. The van der Waals surface area contributed by atoms with Crippen LogP contribution in [0.1, 0.15) is 17.5 Å². The van der Waals surface area contributed by atoms with Crippen LogP contribution < -0.4 is 5.32 Å². The van der Waals surface area contributed by atoms with Crippen LogP contribution >= 0.6 is 0 Å². The fraction of sp³-hybridized carbons (Fsp3) is 0.636. The maximum atomic E-state index is 12.3. The second-order valence-corrected chi connectivity index (χ2v) is 10.7. The summed E-state index contributed by atoms with van der Waals surface area (Å²) in [6.07, 6.45) is 1.81. The van der Waals surface area contributed by atoms with Gasteiger partial charge in [-0.15, -0.1) is 0 Å².